The first kappa shape index (κ1) is 43.9. The van der Waals surface area contributed by atoms with E-state index in [-0.39, 0.29) is 45.2 Å². The topological polar surface area (TPSA) is 125 Å². The van der Waals surface area contributed by atoms with Crippen molar-refractivity contribution in [1.82, 2.24) is 0 Å². The van der Waals surface area contributed by atoms with Crippen molar-refractivity contribution in [2.24, 2.45) is 0 Å². The van der Waals surface area contributed by atoms with Crippen LogP contribution in [0.2, 0.25) is 0 Å². The van der Waals surface area contributed by atoms with Crippen LogP contribution in [0.3, 0.4) is 0 Å². The Hall–Kier alpha value is -6.17. The smallest absolute Gasteiger partial charge is 0.306 e. The summed E-state index contributed by atoms with van der Waals surface area (Å²) in [5.74, 6) is 0.949. The lowest BCUT2D eigenvalue weighted by Crippen LogP contribution is -2.35. The van der Waals surface area contributed by atoms with Crippen molar-refractivity contribution >= 4 is 34.8 Å². The van der Waals surface area contributed by atoms with Gasteiger partial charge < -0.3 is 37.9 Å². The second kappa shape index (κ2) is 20.1. The number of hydrogen-bond acceptors (Lipinski definition) is 11. The number of rotatable bonds is 21. The molecule has 1 heterocycles. The number of carbonyl (C=O) groups excluding carboxylic acids is 3. The van der Waals surface area contributed by atoms with Gasteiger partial charge in [-0.1, -0.05) is 78.9 Å². The molecule has 7 rings (SSSR count). The number of unbranched alkanes of at least 4 members (excludes halogenated alkanes) is 2. The summed E-state index contributed by atoms with van der Waals surface area (Å²) < 4.78 is 46.3. The zero-order valence-corrected chi connectivity index (χ0v) is 35.9. The molecule has 2 aliphatic rings. The van der Waals surface area contributed by atoms with Gasteiger partial charge in [-0.25, -0.2) is 0 Å². The van der Waals surface area contributed by atoms with Crippen LogP contribution in [0.1, 0.15) is 80.2 Å². The van der Waals surface area contributed by atoms with E-state index in [1.165, 1.54) is 0 Å². The average molecular weight is 843 g/mol. The van der Waals surface area contributed by atoms with E-state index in [2.05, 4.69) is 43.3 Å². The van der Waals surface area contributed by atoms with Crippen molar-refractivity contribution in [3.63, 3.8) is 0 Å². The third kappa shape index (κ3) is 9.34. The van der Waals surface area contributed by atoms with Crippen molar-refractivity contribution in [3.05, 3.63) is 131 Å². The Morgan fingerprint density at radius 1 is 0.613 bits per heavy atom. The van der Waals surface area contributed by atoms with E-state index in [4.69, 9.17) is 37.9 Å². The minimum absolute atomic E-state index is 0.00477. The molecule has 5 aromatic carbocycles. The predicted molar refractivity (Wildman–Crippen MR) is 235 cm³/mol. The molecule has 1 aliphatic carbocycles. The zero-order chi connectivity index (χ0) is 43.5. The molecular formula is C51H54O11. The number of methoxy groups -OCH3 is 2. The summed E-state index contributed by atoms with van der Waals surface area (Å²) >= 11 is 0. The quantitative estimate of drug-likeness (QED) is 0.0399. The Morgan fingerprint density at radius 2 is 1.19 bits per heavy atom. The Morgan fingerprint density at radius 3 is 1.84 bits per heavy atom. The Kier molecular flexibility index (Phi) is 14.3. The van der Waals surface area contributed by atoms with Crippen LogP contribution in [-0.2, 0) is 49.3 Å². The highest BCUT2D eigenvalue weighted by Crippen LogP contribution is 2.58. The van der Waals surface area contributed by atoms with Gasteiger partial charge in [0.1, 0.15) is 36.1 Å². The van der Waals surface area contributed by atoms with E-state index < -0.39 is 23.1 Å². The first-order valence-electron chi connectivity index (χ1n) is 21.3. The van der Waals surface area contributed by atoms with E-state index in [0.717, 1.165) is 67.0 Å². The second-order valence-corrected chi connectivity index (χ2v) is 15.3. The molecule has 0 aromatic heterocycles. The normalized spacial score (nSPS) is 15.5. The van der Waals surface area contributed by atoms with Gasteiger partial charge in [-0.3, -0.25) is 14.4 Å². The predicted octanol–water partition coefficient (Wildman–Crippen LogP) is 9.47. The first-order chi connectivity index (χ1) is 30.2. The fourth-order valence-electron chi connectivity index (χ4n) is 8.34. The Labute approximate surface area is 362 Å². The summed E-state index contributed by atoms with van der Waals surface area (Å²) in [5, 5.41) is 2.00. The third-order valence-corrected chi connectivity index (χ3v) is 11.4. The maximum atomic E-state index is 12.7. The SMILES string of the molecule is CCOCCOC(=O)CCCCCOC(=O)CCC(=O)OCCOC1(C)c2ccccc2-c2c1c1c(c3ccccc23)OC(c2ccc(OC)cc2)(c2ccc(OC)cc2)C=C1. The number of fused-ring (bicyclic) bond motifs is 8. The number of esters is 3. The van der Waals surface area contributed by atoms with Gasteiger partial charge in [-0.2, -0.15) is 0 Å². The molecule has 0 spiro atoms. The van der Waals surface area contributed by atoms with Crippen molar-refractivity contribution in [2.45, 2.75) is 63.6 Å². The molecule has 1 unspecified atom stereocenters. The summed E-state index contributed by atoms with van der Waals surface area (Å²) in [5.41, 5.74) is 4.91. The van der Waals surface area contributed by atoms with E-state index in [0.29, 0.717) is 38.9 Å². The zero-order valence-electron chi connectivity index (χ0n) is 35.9. The van der Waals surface area contributed by atoms with Crippen LogP contribution in [0.25, 0.3) is 28.0 Å². The van der Waals surface area contributed by atoms with Crippen LogP contribution in [0.4, 0.5) is 0 Å². The second-order valence-electron chi connectivity index (χ2n) is 15.3. The summed E-state index contributed by atoms with van der Waals surface area (Å²) in [6.45, 7) is 5.47. The monoisotopic (exact) mass is 842 g/mol. The van der Waals surface area contributed by atoms with Gasteiger partial charge >= 0.3 is 17.9 Å². The summed E-state index contributed by atoms with van der Waals surface area (Å²) in [4.78, 5) is 36.8. The van der Waals surface area contributed by atoms with Gasteiger partial charge in [0.25, 0.3) is 0 Å². The van der Waals surface area contributed by atoms with Gasteiger partial charge in [-0.15, -0.1) is 0 Å². The number of benzene rings is 5. The van der Waals surface area contributed by atoms with Gasteiger partial charge in [-0.05, 0) is 85.5 Å². The molecule has 5 aromatic rings. The van der Waals surface area contributed by atoms with Crippen molar-refractivity contribution in [2.75, 3.05) is 53.9 Å². The molecule has 0 saturated carbocycles. The lowest BCUT2D eigenvalue weighted by Gasteiger charge is -2.39. The minimum Gasteiger partial charge on any atom is -0.497 e. The number of ether oxygens (including phenoxy) is 8. The third-order valence-electron chi connectivity index (χ3n) is 11.4. The van der Waals surface area contributed by atoms with Crippen molar-refractivity contribution < 1.29 is 52.3 Å². The molecule has 324 valence electrons. The molecular weight excluding hydrogens is 789 g/mol. The summed E-state index contributed by atoms with van der Waals surface area (Å²) in [6.07, 6.45) is 6.30. The highest BCUT2D eigenvalue weighted by Gasteiger charge is 2.47. The molecule has 1 atom stereocenters. The highest BCUT2D eigenvalue weighted by atomic mass is 16.6. The summed E-state index contributed by atoms with van der Waals surface area (Å²) in [7, 11) is 3.30. The molecule has 0 amide bonds. The molecule has 0 radical (unpaired) electrons. The van der Waals surface area contributed by atoms with Gasteiger partial charge in [0.2, 0.25) is 0 Å². The molecule has 62 heavy (non-hydrogen) atoms. The molecule has 0 bridgehead atoms. The standard InChI is InChI=1S/C51H54O11/c1-5-57-31-32-59-44(52)17-7-6-12-30-58-45(53)26-27-46(54)60-33-34-61-50(2)43-16-11-10-15-41(43)47-39-13-8-9-14-40(39)49-42(48(47)50)28-29-51(62-49,35-18-22-37(55-3)23-19-35)36-20-24-38(56-4)25-21-36/h8-11,13-16,18-25,28-29H,5-7,12,17,26-27,30-34H2,1-4H3. The Balaban J connectivity index is 1.04. The van der Waals surface area contributed by atoms with E-state index in [1.807, 2.05) is 79.7 Å². The molecule has 0 N–H and O–H groups in total. The maximum absolute atomic E-state index is 12.7. The highest BCUT2D eigenvalue weighted by molar-refractivity contribution is 6.08. The van der Waals surface area contributed by atoms with E-state index in [9.17, 15) is 14.4 Å². The van der Waals surface area contributed by atoms with Crippen LogP contribution < -0.4 is 14.2 Å². The van der Waals surface area contributed by atoms with Crippen LogP contribution in [-0.4, -0.2) is 71.8 Å². The van der Waals surface area contributed by atoms with E-state index in [1.54, 1.807) is 14.2 Å². The van der Waals surface area contributed by atoms with Crippen molar-refractivity contribution in [3.8, 4) is 28.4 Å². The number of hydrogen-bond donors (Lipinski definition) is 0. The molecule has 11 heteroatoms. The van der Waals surface area contributed by atoms with Crippen LogP contribution >= 0.6 is 0 Å². The van der Waals surface area contributed by atoms with Gasteiger partial charge in [0, 0.05) is 40.7 Å². The van der Waals surface area contributed by atoms with Crippen LogP contribution in [0.15, 0.2) is 103 Å². The fraction of sp³-hybridized carbons (Fsp3) is 0.353. The van der Waals surface area contributed by atoms with Gasteiger partial charge in [0.15, 0.2) is 5.60 Å². The lowest BCUT2D eigenvalue weighted by atomic mass is 9.80. The van der Waals surface area contributed by atoms with Crippen LogP contribution in [0, 0.1) is 0 Å². The lowest BCUT2D eigenvalue weighted by molar-refractivity contribution is -0.152. The maximum Gasteiger partial charge on any atom is 0.306 e. The minimum atomic E-state index is -0.993. The fourth-order valence-corrected chi connectivity index (χ4v) is 8.34. The molecule has 0 saturated heterocycles. The van der Waals surface area contributed by atoms with Crippen LogP contribution in [0.5, 0.6) is 17.2 Å². The summed E-state index contributed by atoms with van der Waals surface area (Å²) in [6, 6.07) is 32.4. The van der Waals surface area contributed by atoms with Crippen molar-refractivity contribution in [1.29, 1.82) is 0 Å². The largest absolute Gasteiger partial charge is 0.497 e. The number of carbonyl (C=O) groups is 3. The Bertz CT molecular complexity index is 2340. The van der Waals surface area contributed by atoms with Gasteiger partial charge in [0.05, 0.1) is 46.9 Å². The first-order valence-corrected chi connectivity index (χ1v) is 21.3. The molecule has 0 fully saturated rings. The molecule has 11 nitrogen and oxygen atoms in total. The molecule has 1 aliphatic heterocycles. The van der Waals surface area contributed by atoms with E-state index >= 15 is 0 Å². The average Bonchev–Trinajstić information content (AvgIpc) is 3.58.